The summed E-state index contributed by atoms with van der Waals surface area (Å²) in [4.78, 5) is 24.6. The third-order valence-electron chi connectivity index (χ3n) is 2.47. The topological polar surface area (TPSA) is 49.9 Å². The highest BCUT2D eigenvalue weighted by Gasteiger charge is 2.03. The number of hydrogen-bond acceptors (Lipinski definition) is 2. The van der Waals surface area contributed by atoms with Gasteiger partial charge in [0, 0.05) is 17.9 Å². The molecule has 0 bridgehead atoms. The number of pyridine rings is 1. The third-order valence-corrected chi connectivity index (χ3v) is 2.47. The van der Waals surface area contributed by atoms with E-state index in [2.05, 4.69) is 4.98 Å². The zero-order valence-corrected chi connectivity index (χ0v) is 8.41. The lowest BCUT2D eigenvalue weighted by Crippen LogP contribution is -2.06. The normalized spacial score (nSPS) is 10.5. The Morgan fingerprint density at radius 1 is 1.40 bits per heavy atom. The molecule has 0 atom stereocenters. The second-order valence-electron chi connectivity index (χ2n) is 3.53. The largest absolute Gasteiger partial charge is 0.322 e. The van der Waals surface area contributed by atoms with Crippen molar-refractivity contribution in [3.05, 3.63) is 45.7 Å². The Labute approximate surface area is 86.8 Å². The number of carbonyl (C=O) groups is 1. The van der Waals surface area contributed by atoms with Crippen LogP contribution in [0.25, 0.3) is 10.9 Å². The summed E-state index contributed by atoms with van der Waals surface area (Å²) in [5.74, 6) is 0. The van der Waals surface area contributed by atoms with E-state index >= 15 is 0 Å². The number of H-pyrrole nitrogens is 1. The smallest absolute Gasteiger partial charge is 0.248 e. The monoisotopic (exact) mass is 201 g/mol. The van der Waals surface area contributed by atoms with Gasteiger partial charge in [-0.15, -0.1) is 0 Å². The molecular weight excluding hydrogens is 190 g/mol. The van der Waals surface area contributed by atoms with Crippen molar-refractivity contribution in [2.75, 3.05) is 0 Å². The maximum atomic E-state index is 11.3. The van der Waals surface area contributed by atoms with Gasteiger partial charge in [-0.1, -0.05) is 18.2 Å². The minimum Gasteiger partial charge on any atom is -0.322 e. The standard InChI is InChI=1S/C12H11NO2/c1-8-7-11(15)13-12-9(5-6-14)3-2-4-10(8)12/h2-4,6-7H,5H2,1H3,(H,13,15). The van der Waals surface area contributed by atoms with E-state index in [0.29, 0.717) is 6.42 Å². The van der Waals surface area contributed by atoms with Crippen LogP contribution in [0.2, 0.25) is 0 Å². The van der Waals surface area contributed by atoms with E-state index in [1.807, 2.05) is 25.1 Å². The summed E-state index contributed by atoms with van der Waals surface area (Å²) in [5, 5.41) is 0.994. The quantitative estimate of drug-likeness (QED) is 0.750. The first kappa shape index (κ1) is 9.65. The molecule has 1 aromatic heterocycles. The van der Waals surface area contributed by atoms with Crippen LogP contribution >= 0.6 is 0 Å². The molecular formula is C12H11NO2. The van der Waals surface area contributed by atoms with Crippen LogP contribution in [0.5, 0.6) is 0 Å². The zero-order chi connectivity index (χ0) is 10.8. The van der Waals surface area contributed by atoms with Crippen molar-refractivity contribution in [1.29, 1.82) is 0 Å². The first-order chi connectivity index (χ1) is 7.22. The number of rotatable bonds is 2. The maximum Gasteiger partial charge on any atom is 0.248 e. The van der Waals surface area contributed by atoms with Crippen molar-refractivity contribution in [2.24, 2.45) is 0 Å². The van der Waals surface area contributed by atoms with Gasteiger partial charge < -0.3 is 9.78 Å². The fraction of sp³-hybridized carbons (Fsp3) is 0.167. The van der Waals surface area contributed by atoms with Gasteiger partial charge >= 0.3 is 0 Å². The second-order valence-corrected chi connectivity index (χ2v) is 3.53. The number of aryl methyl sites for hydroxylation is 1. The highest BCUT2D eigenvalue weighted by Crippen LogP contribution is 2.18. The summed E-state index contributed by atoms with van der Waals surface area (Å²) in [6, 6.07) is 7.25. The van der Waals surface area contributed by atoms with E-state index in [1.165, 1.54) is 0 Å². The lowest BCUT2D eigenvalue weighted by molar-refractivity contribution is -0.107. The molecule has 0 unspecified atom stereocenters. The second kappa shape index (κ2) is 3.69. The fourth-order valence-corrected chi connectivity index (χ4v) is 1.77. The van der Waals surface area contributed by atoms with Crippen LogP contribution in [-0.2, 0) is 11.2 Å². The molecule has 0 saturated heterocycles. The molecule has 0 aliphatic carbocycles. The molecule has 0 spiro atoms. The van der Waals surface area contributed by atoms with Crippen LogP contribution < -0.4 is 5.56 Å². The predicted octanol–water partition coefficient (Wildman–Crippen LogP) is 1.58. The van der Waals surface area contributed by atoms with Crippen molar-refractivity contribution in [3.8, 4) is 0 Å². The van der Waals surface area contributed by atoms with Gasteiger partial charge in [-0.3, -0.25) is 4.79 Å². The fourth-order valence-electron chi connectivity index (χ4n) is 1.77. The highest BCUT2D eigenvalue weighted by atomic mass is 16.1. The van der Waals surface area contributed by atoms with Crippen molar-refractivity contribution >= 4 is 17.2 Å². The Hall–Kier alpha value is -1.90. The predicted molar refractivity (Wildman–Crippen MR) is 59.1 cm³/mol. The molecule has 1 heterocycles. The van der Waals surface area contributed by atoms with E-state index in [-0.39, 0.29) is 5.56 Å². The number of aromatic amines is 1. The van der Waals surface area contributed by atoms with Crippen molar-refractivity contribution in [2.45, 2.75) is 13.3 Å². The lowest BCUT2D eigenvalue weighted by Gasteiger charge is -2.05. The molecule has 0 aliphatic rings. The van der Waals surface area contributed by atoms with E-state index in [1.54, 1.807) is 6.07 Å². The zero-order valence-electron chi connectivity index (χ0n) is 8.41. The Balaban J connectivity index is 2.84. The van der Waals surface area contributed by atoms with Gasteiger partial charge in [-0.25, -0.2) is 0 Å². The van der Waals surface area contributed by atoms with E-state index < -0.39 is 0 Å². The van der Waals surface area contributed by atoms with Crippen LogP contribution in [-0.4, -0.2) is 11.3 Å². The van der Waals surface area contributed by atoms with Crippen LogP contribution in [0.4, 0.5) is 0 Å². The van der Waals surface area contributed by atoms with Crippen LogP contribution in [0.3, 0.4) is 0 Å². The molecule has 2 rings (SSSR count). The van der Waals surface area contributed by atoms with Gasteiger partial charge in [0.2, 0.25) is 5.56 Å². The summed E-state index contributed by atoms with van der Waals surface area (Å²) in [5.41, 5.74) is 2.44. The van der Waals surface area contributed by atoms with Crippen LogP contribution in [0, 0.1) is 6.92 Å². The molecule has 0 radical (unpaired) electrons. The number of benzene rings is 1. The van der Waals surface area contributed by atoms with E-state index in [4.69, 9.17) is 0 Å². The molecule has 1 N–H and O–H groups in total. The Morgan fingerprint density at radius 2 is 2.20 bits per heavy atom. The van der Waals surface area contributed by atoms with Crippen molar-refractivity contribution in [3.63, 3.8) is 0 Å². The summed E-state index contributed by atoms with van der Waals surface area (Å²) in [6.07, 6.45) is 1.17. The minimum absolute atomic E-state index is 0.127. The summed E-state index contributed by atoms with van der Waals surface area (Å²) < 4.78 is 0. The number of aldehydes is 1. The number of carbonyl (C=O) groups excluding carboxylic acids is 1. The molecule has 3 nitrogen and oxygen atoms in total. The van der Waals surface area contributed by atoms with Crippen molar-refractivity contribution in [1.82, 2.24) is 4.98 Å². The first-order valence-electron chi connectivity index (χ1n) is 4.77. The number of hydrogen-bond donors (Lipinski definition) is 1. The third kappa shape index (κ3) is 1.68. The maximum absolute atomic E-state index is 11.3. The highest BCUT2D eigenvalue weighted by molar-refractivity contribution is 5.86. The molecule has 3 heteroatoms. The summed E-state index contributed by atoms with van der Waals surface area (Å²) >= 11 is 0. The number of fused-ring (bicyclic) bond motifs is 1. The van der Waals surface area contributed by atoms with E-state index in [0.717, 1.165) is 28.3 Å². The Kier molecular flexibility index (Phi) is 2.37. The Bertz CT molecular complexity index is 569. The van der Waals surface area contributed by atoms with E-state index in [9.17, 15) is 9.59 Å². The minimum atomic E-state index is -0.127. The van der Waals surface area contributed by atoms with Gasteiger partial charge in [0.15, 0.2) is 0 Å². The molecule has 0 aliphatic heterocycles. The number of nitrogens with one attached hydrogen (secondary N) is 1. The summed E-state index contributed by atoms with van der Waals surface area (Å²) in [7, 11) is 0. The molecule has 2 aromatic rings. The molecule has 0 fully saturated rings. The molecule has 0 saturated carbocycles. The summed E-state index contributed by atoms with van der Waals surface area (Å²) in [6.45, 7) is 1.89. The van der Waals surface area contributed by atoms with Crippen molar-refractivity contribution < 1.29 is 4.79 Å². The molecule has 0 amide bonds. The average molecular weight is 201 g/mol. The number of para-hydroxylation sites is 1. The first-order valence-corrected chi connectivity index (χ1v) is 4.77. The SMILES string of the molecule is Cc1cc(=O)[nH]c2c(CC=O)cccc12. The molecule has 76 valence electrons. The molecule has 15 heavy (non-hydrogen) atoms. The van der Waals surface area contributed by atoms with Gasteiger partial charge in [-0.2, -0.15) is 0 Å². The van der Waals surface area contributed by atoms with Crippen LogP contribution in [0.15, 0.2) is 29.1 Å². The number of aromatic nitrogens is 1. The van der Waals surface area contributed by atoms with Gasteiger partial charge in [0.05, 0.1) is 5.52 Å². The Morgan fingerprint density at radius 3 is 2.93 bits per heavy atom. The van der Waals surface area contributed by atoms with Gasteiger partial charge in [0.1, 0.15) is 6.29 Å². The van der Waals surface area contributed by atoms with Gasteiger partial charge in [0.25, 0.3) is 0 Å². The van der Waals surface area contributed by atoms with Crippen LogP contribution in [0.1, 0.15) is 11.1 Å². The molecule has 1 aromatic carbocycles. The lowest BCUT2D eigenvalue weighted by atomic mass is 10.0. The average Bonchev–Trinajstić information content (AvgIpc) is 2.19. The van der Waals surface area contributed by atoms with Gasteiger partial charge in [-0.05, 0) is 18.1 Å².